The molecule has 1 atom stereocenters. The Balaban J connectivity index is 1.94. The summed E-state index contributed by atoms with van der Waals surface area (Å²) in [5, 5.41) is 16.3. The molecule has 2 aliphatic rings. The van der Waals surface area contributed by atoms with Crippen molar-refractivity contribution in [2.24, 2.45) is 15.8 Å². The van der Waals surface area contributed by atoms with Gasteiger partial charge in [0.05, 0.1) is 13.2 Å². The van der Waals surface area contributed by atoms with Gasteiger partial charge in [-0.3, -0.25) is 4.99 Å². The molecule has 146 valence electrons. The lowest BCUT2D eigenvalue weighted by molar-refractivity contribution is 0.131. The van der Waals surface area contributed by atoms with Crippen LogP contribution in [0.2, 0.25) is 0 Å². The van der Waals surface area contributed by atoms with Crippen LogP contribution in [0.1, 0.15) is 51.9 Å². The largest absolute Gasteiger partial charge is 0.396 e. The van der Waals surface area contributed by atoms with Crippen molar-refractivity contribution in [2.45, 2.75) is 51.9 Å². The first-order valence-corrected chi connectivity index (χ1v) is 9.87. The third-order valence-corrected chi connectivity index (χ3v) is 5.88. The molecule has 2 fully saturated rings. The minimum atomic E-state index is -0.00179. The van der Waals surface area contributed by atoms with E-state index in [2.05, 4.69) is 17.6 Å². The Hall–Kier alpha value is -0.850. The van der Waals surface area contributed by atoms with Crippen LogP contribution in [0.4, 0.5) is 0 Å². The number of guanidine groups is 1. The van der Waals surface area contributed by atoms with Gasteiger partial charge in [-0.05, 0) is 44.4 Å². The number of hydrogen-bond acceptors (Lipinski definition) is 4. The molecular weight excluding hydrogens is 318 g/mol. The monoisotopic (exact) mass is 355 g/mol. The maximum absolute atomic E-state index is 9.38. The third kappa shape index (κ3) is 6.12. The molecule has 0 aromatic heterocycles. The average molecular weight is 356 g/mol. The summed E-state index contributed by atoms with van der Waals surface area (Å²) in [4.78, 5) is 4.83. The zero-order valence-corrected chi connectivity index (χ0v) is 16.1. The highest BCUT2D eigenvalue weighted by Gasteiger charge is 2.35. The van der Waals surface area contributed by atoms with Crippen molar-refractivity contribution in [1.82, 2.24) is 10.6 Å². The molecule has 25 heavy (non-hydrogen) atoms. The lowest BCUT2D eigenvalue weighted by Crippen LogP contribution is -2.44. The zero-order valence-electron chi connectivity index (χ0n) is 16.1. The van der Waals surface area contributed by atoms with Crippen LogP contribution in [0.15, 0.2) is 4.99 Å². The molecule has 3 N–H and O–H groups in total. The van der Waals surface area contributed by atoms with E-state index in [-0.39, 0.29) is 12.0 Å². The maximum atomic E-state index is 9.38. The Morgan fingerprint density at radius 2 is 1.96 bits per heavy atom. The minimum Gasteiger partial charge on any atom is -0.396 e. The van der Waals surface area contributed by atoms with Crippen molar-refractivity contribution in [3.63, 3.8) is 0 Å². The number of nitrogens with one attached hydrogen (secondary N) is 2. The van der Waals surface area contributed by atoms with Crippen LogP contribution in [-0.2, 0) is 9.47 Å². The van der Waals surface area contributed by atoms with Gasteiger partial charge in [-0.2, -0.15) is 0 Å². The number of methoxy groups -OCH3 is 1. The SMILES string of the molecule is CCNC(=NCC1(CCO)CCOC1)NCC1(CCOC)CCCC1. The molecule has 1 aliphatic carbocycles. The van der Waals surface area contributed by atoms with E-state index >= 15 is 0 Å². The molecule has 6 nitrogen and oxygen atoms in total. The van der Waals surface area contributed by atoms with Crippen LogP contribution < -0.4 is 10.6 Å². The predicted molar refractivity (Wildman–Crippen MR) is 101 cm³/mol. The first-order chi connectivity index (χ1) is 12.2. The van der Waals surface area contributed by atoms with E-state index < -0.39 is 0 Å². The lowest BCUT2D eigenvalue weighted by atomic mass is 9.83. The maximum Gasteiger partial charge on any atom is 0.191 e. The molecule has 1 saturated heterocycles. The molecule has 1 saturated carbocycles. The summed E-state index contributed by atoms with van der Waals surface area (Å²) in [5.74, 6) is 0.885. The Morgan fingerprint density at radius 1 is 1.16 bits per heavy atom. The number of nitrogens with zero attached hydrogens (tertiary/aromatic N) is 1. The smallest absolute Gasteiger partial charge is 0.191 e. The third-order valence-electron chi connectivity index (χ3n) is 5.88. The fraction of sp³-hybridized carbons (Fsp3) is 0.947. The highest BCUT2D eigenvalue weighted by atomic mass is 16.5. The van der Waals surface area contributed by atoms with E-state index in [1.165, 1.54) is 25.7 Å². The number of aliphatic imine (C=N–C) groups is 1. The summed E-state index contributed by atoms with van der Waals surface area (Å²) in [7, 11) is 1.78. The molecule has 0 amide bonds. The lowest BCUT2D eigenvalue weighted by Gasteiger charge is -2.30. The number of aliphatic hydroxyl groups is 1. The van der Waals surface area contributed by atoms with Crippen molar-refractivity contribution >= 4 is 5.96 Å². The normalized spacial score (nSPS) is 26.1. The van der Waals surface area contributed by atoms with Gasteiger partial charge in [0.2, 0.25) is 0 Å². The van der Waals surface area contributed by atoms with Gasteiger partial charge in [-0.1, -0.05) is 12.8 Å². The predicted octanol–water partition coefficient (Wildman–Crippen LogP) is 1.93. The Bertz CT molecular complexity index is 403. The summed E-state index contributed by atoms with van der Waals surface area (Å²) >= 11 is 0. The zero-order chi connectivity index (χ0) is 18.0. The van der Waals surface area contributed by atoms with Crippen LogP contribution in [0.5, 0.6) is 0 Å². The van der Waals surface area contributed by atoms with Crippen molar-refractivity contribution in [1.29, 1.82) is 0 Å². The molecule has 0 radical (unpaired) electrons. The average Bonchev–Trinajstić information content (AvgIpc) is 3.27. The first kappa shape index (κ1) is 20.5. The van der Waals surface area contributed by atoms with Gasteiger partial charge in [-0.15, -0.1) is 0 Å². The van der Waals surface area contributed by atoms with E-state index in [1.54, 1.807) is 7.11 Å². The van der Waals surface area contributed by atoms with Crippen molar-refractivity contribution < 1.29 is 14.6 Å². The number of aliphatic hydroxyl groups excluding tert-OH is 1. The number of ether oxygens (including phenoxy) is 2. The summed E-state index contributed by atoms with van der Waals surface area (Å²) in [6.45, 7) is 7.10. The molecule has 6 heteroatoms. The van der Waals surface area contributed by atoms with Crippen molar-refractivity contribution in [2.75, 3.05) is 53.2 Å². The summed E-state index contributed by atoms with van der Waals surface area (Å²) in [6.07, 6.45) is 8.02. The van der Waals surface area contributed by atoms with E-state index in [0.29, 0.717) is 18.6 Å². The van der Waals surface area contributed by atoms with Crippen LogP contribution in [0, 0.1) is 10.8 Å². The molecule has 1 unspecified atom stereocenters. The second-order valence-electron chi connectivity index (χ2n) is 7.77. The highest BCUT2D eigenvalue weighted by Crippen LogP contribution is 2.40. The highest BCUT2D eigenvalue weighted by molar-refractivity contribution is 5.79. The molecule has 0 bridgehead atoms. The molecule has 0 aromatic carbocycles. The van der Waals surface area contributed by atoms with E-state index in [9.17, 15) is 5.11 Å². The van der Waals surface area contributed by atoms with Gasteiger partial charge < -0.3 is 25.2 Å². The second kappa shape index (κ2) is 10.3. The van der Waals surface area contributed by atoms with Gasteiger partial charge in [-0.25, -0.2) is 0 Å². The molecular formula is C19H37N3O3. The summed E-state index contributed by atoms with van der Waals surface area (Å²) in [5.41, 5.74) is 0.337. The number of rotatable bonds is 10. The first-order valence-electron chi connectivity index (χ1n) is 9.87. The van der Waals surface area contributed by atoms with Crippen LogP contribution >= 0.6 is 0 Å². The summed E-state index contributed by atoms with van der Waals surface area (Å²) in [6, 6.07) is 0. The van der Waals surface area contributed by atoms with Gasteiger partial charge in [0.15, 0.2) is 5.96 Å². The molecule has 0 spiro atoms. The standard InChI is InChI=1S/C19H37N3O3/c1-3-20-17(22-15-19(8-11-23)10-13-25-16-19)21-14-18(9-12-24-2)6-4-5-7-18/h23H,3-16H2,1-2H3,(H2,20,21,22). The van der Waals surface area contributed by atoms with E-state index in [4.69, 9.17) is 14.5 Å². The molecule has 1 aliphatic heterocycles. The molecule has 1 heterocycles. The minimum absolute atomic E-state index is 0.00179. The Kier molecular flexibility index (Phi) is 8.46. The second-order valence-corrected chi connectivity index (χ2v) is 7.77. The molecule has 2 rings (SSSR count). The molecule has 0 aromatic rings. The van der Waals surface area contributed by atoms with Crippen LogP contribution in [-0.4, -0.2) is 64.2 Å². The van der Waals surface area contributed by atoms with Crippen LogP contribution in [0.3, 0.4) is 0 Å². The fourth-order valence-corrected chi connectivity index (χ4v) is 4.11. The fourth-order valence-electron chi connectivity index (χ4n) is 4.11. The Labute approximate surface area is 152 Å². The van der Waals surface area contributed by atoms with Crippen molar-refractivity contribution in [3.05, 3.63) is 0 Å². The van der Waals surface area contributed by atoms with E-state index in [1.807, 2.05) is 0 Å². The van der Waals surface area contributed by atoms with Gasteiger partial charge in [0.25, 0.3) is 0 Å². The topological polar surface area (TPSA) is 75.1 Å². The Morgan fingerprint density at radius 3 is 2.56 bits per heavy atom. The van der Waals surface area contributed by atoms with E-state index in [0.717, 1.165) is 51.5 Å². The van der Waals surface area contributed by atoms with Crippen LogP contribution in [0.25, 0.3) is 0 Å². The summed E-state index contributed by atoms with van der Waals surface area (Å²) < 4.78 is 10.9. The van der Waals surface area contributed by atoms with Gasteiger partial charge in [0.1, 0.15) is 0 Å². The van der Waals surface area contributed by atoms with Gasteiger partial charge >= 0.3 is 0 Å². The quantitative estimate of drug-likeness (QED) is 0.412. The van der Waals surface area contributed by atoms with Crippen molar-refractivity contribution in [3.8, 4) is 0 Å². The van der Waals surface area contributed by atoms with Gasteiger partial charge in [0, 0.05) is 45.4 Å². The number of hydrogen-bond donors (Lipinski definition) is 3.